The number of nitrogens with one attached hydrogen (secondary N) is 1. The summed E-state index contributed by atoms with van der Waals surface area (Å²) >= 11 is 0. The Morgan fingerprint density at radius 1 is 0.837 bits per heavy atom. The van der Waals surface area contributed by atoms with Crippen LogP contribution in [0.1, 0.15) is 52.7 Å². The predicted octanol–water partition coefficient (Wildman–Crippen LogP) is 4.02. The summed E-state index contributed by atoms with van der Waals surface area (Å²) in [6.07, 6.45) is -2.58. The maximum absolute atomic E-state index is 13.9. The van der Waals surface area contributed by atoms with Gasteiger partial charge < -0.3 is 19.5 Å². The number of aryl methyl sites for hydroxylation is 1. The van der Waals surface area contributed by atoms with Gasteiger partial charge in [-0.25, -0.2) is 27.7 Å². The fourth-order valence-corrected chi connectivity index (χ4v) is 4.92. The average Bonchev–Trinajstić information content (AvgIpc) is 2.89. The van der Waals surface area contributed by atoms with Crippen LogP contribution in [0.15, 0.2) is 59.5 Å². The molecule has 0 spiro atoms. The average molecular weight is 620 g/mol. The molecule has 2 aromatic rings. The summed E-state index contributed by atoms with van der Waals surface area (Å²) in [7, 11) is -3.57. The van der Waals surface area contributed by atoms with Crippen molar-refractivity contribution in [3.63, 3.8) is 0 Å². The van der Waals surface area contributed by atoms with E-state index in [2.05, 4.69) is 5.32 Å². The molecule has 0 heterocycles. The molecule has 2 rings (SSSR count). The molecule has 1 N–H and O–H groups in total. The summed E-state index contributed by atoms with van der Waals surface area (Å²) in [5.74, 6) is -2.18. The Labute approximate surface area is 253 Å². The Bertz CT molecular complexity index is 1380. The Kier molecular flexibility index (Phi) is 11.9. The quantitative estimate of drug-likeness (QED) is 0.305. The molecule has 13 heteroatoms. The highest BCUT2D eigenvalue weighted by molar-refractivity contribution is 7.89. The molecule has 0 aliphatic heterocycles. The molecule has 0 radical (unpaired) electrons. The first-order valence-corrected chi connectivity index (χ1v) is 15.0. The molecular weight excluding hydrogens is 578 g/mol. The molecule has 0 aliphatic rings. The number of nitrogens with zero attached hydrogens (tertiary/aromatic N) is 2. The van der Waals surface area contributed by atoms with Gasteiger partial charge in [-0.05, 0) is 66.2 Å². The van der Waals surface area contributed by atoms with E-state index >= 15 is 0 Å². The number of benzene rings is 2. The van der Waals surface area contributed by atoms with Gasteiger partial charge in [0.25, 0.3) is 15.9 Å². The molecule has 0 unspecified atom stereocenters. The zero-order chi connectivity index (χ0) is 32.6. The van der Waals surface area contributed by atoms with Crippen LogP contribution in [-0.4, -0.2) is 79.1 Å². The molecule has 12 nitrogen and oxygen atoms in total. The van der Waals surface area contributed by atoms with Gasteiger partial charge in [-0.15, -0.1) is 0 Å². The van der Waals surface area contributed by atoms with Gasteiger partial charge in [0.2, 0.25) is 0 Å². The van der Waals surface area contributed by atoms with Crippen LogP contribution < -0.4 is 5.32 Å². The van der Waals surface area contributed by atoms with Gasteiger partial charge in [0, 0.05) is 13.1 Å². The topological polar surface area (TPSA) is 149 Å². The molecule has 43 heavy (non-hydrogen) atoms. The number of ether oxygens (including phenoxy) is 3. The first-order valence-electron chi connectivity index (χ1n) is 13.6. The number of carbonyl (C=O) groups excluding carboxylic acids is 4. The molecule has 236 valence electrons. The van der Waals surface area contributed by atoms with Gasteiger partial charge in [-0.2, -0.15) is 4.31 Å². The number of esters is 1. The number of carbonyl (C=O) groups is 4. The van der Waals surface area contributed by atoms with E-state index in [1.807, 2.05) is 30.3 Å². The SMILES string of the molecule is COC(=O)[C@H](CNCc1ccccc1)N(C(=O)CN(C(=O)OC(C)(C)C)S(=O)(=O)c1ccc(C)cc1)C(=O)OC(C)(C)C. The van der Waals surface area contributed by atoms with Gasteiger partial charge in [0.15, 0.2) is 6.04 Å². The summed E-state index contributed by atoms with van der Waals surface area (Å²) in [4.78, 5) is 53.6. The van der Waals surface area contributed by atoms with Crippen molar-refractivity contribution in [2.45, 2.75) is 77.2 Å². The highest BCUT2D eigenvalue weighted by Gasteiger charge is 2.42. The van der Waals surface area contributed by atoms with E-state index in [-0.39, 0.29) is 22.3 Å². The van der Waals surface area contributed by atoms with Crippen molar-refractivity contribution in [3.8, 4) is 0 Å². The summed E-state index contributed by atoms with van der Waals surface area (Å²) in [6.45, 7) is 9.86. The second-order valence-corrected chi connectivity index (χ2v) is 13.6. The van der Waals surface area contributed by atoms with Crippen molar-refractivity contribution in [3.05, 3.63) is 65.7 Å². The Hall–Kier alpha value is -3.97. The molecule has 0 aliphatic carbocycles. The van der Waals surface area contributed by atoms with Crippen LogP contribution in [0.4, 0.5) is 9.59 Å². The third-order valence-corrected chi connectivity index (χ3v) is 7.36. The van der Waals surface area contributed by atoms with Crippen LogP contribution in [0.5, 0.6) is 0 Å². The van der Waals surface area contributed by atoms with Gasteiger partial charge in [0.05, 0.1) is 12.0 Å². The van der Waals surface area contributed by atoms with Gasteiger partial charge >= 0.3 is 18.2 Å². The fraction of sp³-hybridized carbons (Fsp3) is 0.467. The maximum atomic E-state index is 13.9. The summed E-state index contributed by atoms with van der Waals surface area (Å²) in [5.41, 5.74) is -0.588. The van der Waals surface area contributed by atoms with Gasteiger partial charge in [-0.1, -0.05) is 48.0 Å². The molecule has 1 atom stereocenters. The molecule has 0 saturated carbocycles. The van der Waals surface area contributed by atoms with E-state index in [0.717, 1.165) is 18.2 Å². The third kappa shape index (κ3) is 10.7. The molecule has 0 bridgehead atoms. The lowest BCUT2D eigenvalue weighted by Gasteiger charge is -2.32. The number of hydrogen-bond acceptors (Lipinski definition) is 10. The van der Waals surface area contributed by atoms with Crippen molar-refractivity contribution in [1.82, 2.24) is 14.5 Å². The van der Waals surface area contributed by atoms with Crippen LogP contribution in [0.25, 0.3) is 0 Å². The molecule has 0 saturated heterocycles. The number of rotatable bonds is 10. The molecular formula is C30H41N3O9S. The van der Waals surface area contributed by atoms with E-state index < -0.39 is 57.9 Å². The van der Waals surface area contributed by atoms with Crippen molar-refractivity contribution in [2.75, 3.05) is 20.2 Å². The zero-order valence-electron chi connectivity index (χ0n) is 25.9. The normalized spacial score (nSPS) is 12.6. The lowest BCUT2D eigenvalue weighted by Crippen LogP contribution is -2.57. The number of sulfonamides is 1. The van der Waals surface area contributed by atoms with Crippen LogP contribution in [0.3, 0.4) is 0 Å². The standard InChI is InChI=1S/C30H41N3O9S/c1-21-14-16-23(17-15-21)43(38,39)32(27(36)41-29(2,3)4)20-25(34)33(28(37)42-30(5,6)7)24(26(35)40-8)19-31-18-22-12-10-9-11-13-22/h9-17,24,31H,18-20H2,1-8H3/t24-/m0/s1. The van der Waals surface area contributed by atoms with E-state index in [1.54, 1.807) is 27.7 Å². The predicted molar refractivity (Wildman–Crippen MR) is 158 cm³/mol. The zero-order valence-corrected chi connectivity index (χ0v) is 26.7. The Morgan fingerprint density at radius 3 is 1.88 bits per heavy atom. The lowest BCUT2D eigenvalue weighted by atomic mass is 10.2. The van der Waals surface area contributed by atoms with Crippen LogP contribution in [-0.2, 0) is 40.4 Å². The fourth-order valence-electron chi connectivity index (χ4n) is 3.68. The second-order valence-electron chi connectivity index (χ2n) is 11.7. The van der Waals surface area contributed by atoms with Crippen LogP contribution >= 0.6 is 0 Å². The van der Waals surface area contributed by atoms with Crippen LogP contribution in [0.2, 0.25) is 0 Å². The summed E-state index contributed by atoms with van der Waals surface area (Å²) in [6, 6.07) is 13.2. The molecule has 0 aromatic heterocycles. The van der Waals surface area contributed by atoms with E-state index in [4.69, 9.17) is 14.2 Å². The van der Waals surface area contributed by atoms with Gasteiger partial charge in [-0.3, -0.25) is 4.79 Å². The highest BCUT2D eigenvalue weighted by Crippen LogP contribution is 2.22. The van der Waals surface area contributed by atoms with E-state index in [9.17, 15) is 27.6 Å². The monoisotopic (exact) mass is 619 g/mol. The minimum atomic E-state index is -4.66. The summed E-state index contributed by atoms with van der Waals surface area (Å²) in [5, 5.41) is 3.01. The van der Waals surface area contributed by atoms with E-state index in [1.165, 1.54) is 45.0 Å². The maximum Gasteiger partial charge on any atom is 0.424 e. The number of hydrogen-bond donors (Lipinski definition) is 1. The third-order valence-electron chi connectivity index (χ3n) is 5.64. The highest BCUT2D eigenvalue weighted by atomic mass is 32.2. The molecule has 3 amide bonds. The smallest absolute Gasteiger partial charge is 0.424 e. The minimum absolute atomic E-state index is 0.231. The van der Waals surface area contributed by atoms with Crippen molar-refractivity contribution in [2.24, 2.45) is 0 Å². The first-order chi connectivity index (χ1) is 19.9. The largest absolute Gasteiger partial charge is 0.467 e. The van der Waals surface area contributed by atoms with Gasteiger partial charge in [0.1, 0.15) is 17.7 Å². The minimum Gasteiger partial charge on any atom is -0.467 e. The van der Waals surface area contributed by atoms with Crippen LogP contribution in [0, 0.1) is 6.92 Å². The number of amides is 3. The van der Waals surface area contributed by atoms with Crippen molar-refractivity contribution in [1.29, 1.82) is 0 Å². The van der Waals surface area contributed by atoms with Crippen molar-refractivity contribution >= 4 is 34.1 Å². The number of methoxy groups -OCH3 is 1. The molecule has 2 aromatic carbocycles. The number of imide groups is 1. The summed E-state index contributed by atoms with van der Waals surface area (Å²) < 4.78 is 43.1. The van der Waals surface area contributed by atoms with Crippen molar-refractivity contribution < 1.29 is 41.8 Å². The first kappa shape index (κ1) is 35.2. The Balaban J connectivity index is 2.54. The van der Waals surface area contributed by atoms with E-state index in [0.29, 0.717) is 4.90 Å². The Morgan fingerprint density at radius 2 is 1.37 bits per heavy atom. The lowest BCUT2D eigenvalue weighted by molar-refractivity contribution is -0.152. The second kappa shape index (κ2) is 14.5. The molecule has 0 fully saturated rings.